The minimum absolute atomic E-state index is 0.0368. The molecule has 7 heteroatoms. The number of sulfonamides is 1. The molecule has 0 unspecified atom stereocenters. The Labute approximate surface area is 141 Å². The molecule has 2 aromatic carbocycles. The van der Waals surface area contributed by atoms with Crippen LogP contribution in [0.2, 0.25) is 0 Å². The molecule has 0 saturated carbocycles. The predicted octanol–water partition coefficient (Wildman–Crippen LogP) is 3.22. The summed E-state index contributed by atoms with van der Waals surface area (Å²) >= 11 is 0. The first-order valence-corrected chi connectivity index (χ1v) is 8.50. The number of hydrogen-bond acceptors (Lipinski definition) is 4. The summed E-state index contributed by atoms with van der Waals surface area (Å²) in [6.45, 7) is 3.48. The monoisotopic (exact) mass is 351 g/mol. The van der Waals surface area contributed by atoms with Gasteiger partial charge in [0.25, 0.3) is 10.0 Å². The number of nitrogens with zero attached hydrogens (tertiary/aromatic N) is 1. The van der Waals surface area contributed by atoms with E-state index in [2.05, 4.69) is 6.58 Å². The Morgan fingerprint density at radius 3 is 2.38 bits per heavy atom. The van der Waals surface area contributed by atoms with Gasteiger partial charge in [-0.1, -0.05) is 18.2 Å². The van der Waals surface area contributed by atoms with Gasteiger partial charge in [-0.25, -0.2) is 12.8 Å². The number of anilines is 1. The van der Waals surface area contributed by atoms with E-state index in [0.717, 1.165) is 4.31 Å². The van der Waals surface area contributed by atoms with E-state index in [-0.39, 0.29) is 22.9 Å². The lowest BCUT2D eigenvalue weighted by atomic mass is 10.3. The van der Waals surface area contributed by atoms with E-state index >= 15 is 0 Å². The van der Waals surface area contributed by atoms with E-state index in [1.54, 1.807) is 6.07 Å². The highest BCUT2D eigenvalue weighted by molar-refractivity contribution is 7.92. The van der Waals surface area contributed by atoms with E-state index in [4.69, 9.17) is 9.47 Å². The average Bonchev–Trinajstić information content (AvgIpc) is 2.59. The molecule has 0 radical (unpaired) electrons. The zero-order valence-corrected chi connectivity index (χ0v) is 14.2. The Bertz CT molecular complexity index is 836. The lowest BCUT2D eigenvalue weighted by Crippen LogP contribution is -2.32. The molecule has 0 saturated heterocycles. The van der Waals surface area contributed by atoms with Crippen LogP contribution in [0, 0.1) is 5.82 Å². The van der Waals surface area contributed by atoms with Crippen LogP contribution in [0.15, 0.2) is 60.0 Å². The molecule has 0 aliphatic carbocycles. The first-order valence-electron chi connectivity index (χ1n) is 7.06. The topological polar surface area (TPSA) is 55.8 Å². The Hall–Kier alpha value is -2.54. The van der Waals surface area contributed by atoms with E-state index in [0.29, 0.717) is 5.75 Å². The summed E-state index contributed by atoms with van der Waals surface area (Å²) < 4.78 is 51.2. The lowest BCUT2D eigenvalue weighted by molar-refractivity contribution is 0.354. The number of rotatable bonds is 7. The van der Waals surface area contributed by atoms with Crippen LogP contribution in [0.3, 0.4) is 0 Å². The molecule has 0 aromatic heterocycles. The first-order chi connectivity index (χ1) is 11.5. The standard InChI is InChI=1S/C17H18FNO4S/c1-4-11-19(15-8-6-5-7-14(15)18)24(20,21)13-9-10-16(22-2)17(12-13)23-3/h4-10,12H,1,11H2,2-3H3. The van der Waals surface area contributed by atoms with E-state index in [1.165, 1.54) is 56.7 Å². The zero-order chi connectivity index (χ0) is 17.7. The number of para-hydroxylation sites is 1. The summed E-state index contributed by atoms with van der Waals surface area (Å²) in [5.41, 5.74) is -0.0489. The van der Waals surface area contributed by atoms with Gasteiger partial charge < -0.3 is 9.47 Å². The predicted molar refractivity (Wildman–Crippen MR) is 90.7 cm³/mol. The van der Waals surface area contributed by atoms with Crippen LogP contribution in [0.25, 0.3) is 0 Å². The summed E-state index contributed by atoms with van der Waals surface area (Å²) in [5, 5.41) is 0. The van der Waals surface area contributed by atoms with Crippen LogP contribution in [0.4, 0.5) is 10.1 Å². The first kappa shape index (κ1) is 17.8. The van der Waals surface area contributed by atoms with Crippen molar-refractivity contribution in [3.8, 4) is 11.5 Å². The van der Waals surface area contributed by atoms with Gasteiger partial charge in [0.15, 0.2) is 11.5 Å². The fraction of sp³-hybridized carbons (Fsp3) is 0.176. The van der Waals surface area contributed by atoms with Gasteiger partial charge in [-0.2, -0.15) is 0 Å². The molecule has 0 aliphatic heterocycles. The Morgan fingerprint density at radius 1 is 1.12 bits per heavy atom. The van der Waals surface area contributed by atoms with Gasteiger partial charge in [-0.15, -0.1) is 6.58 Å². The normalized spacial score (nSPS) is 11.0. The van der Waals surface area contributed by atoms with Crippen molar-refractivity contribution < 1.29 is 22.3 Å². The zero-order valence-electron chi connectivity index (χ0n) is 13.4. The second-order valence-electron chi connectivity index (χ2n) is 4.79. The maximum absolute atomic E-state index is 14.1. The Morgan fingerprint density at radius 2 is 1.79 bits per heavy atom. The number of ether oxygens (including phenoxy) is 2. The van der Waals surface area contributed by atoms with Crippen molar-refractivity contribution in [3.05, 3.63) is 60.9 Å². The summed E-state index contributed by atoms with van der Waals surface area (Å²) in [6.07, 6.45) is 1.39. The molecule has 0 fully saturated rings. The smallest absolute Gasteiger partial charge is 0.264 e. The third kappa shape index (κ3) is 3.35. The summed E-state index contributed by atoms with van der Waals surface area (Å²) in [4.78, 5) is -0.0368. The fourth-order valence-corrected chi connectivity index (χ4v) is 3.66. The van der Waals surface area contributed by atoms with Crippen LogP contribution in [-0.2, 0) is 10.0 Å². The molecule has 24 heavy (non-hydrogen) atoms. The van der Waals surface area contributed by atoms with Crippen LogP contribution < -0.4 is 13.8 Å². The van der Waals surface area contributed by atoms with Gasteiger partial charge in [0.1, 0.15) is 5.82 Å². The number of benzene rings is 2. The Balaban J connectivity index is 2.57. The largest absolute Gasteiger partial charge is 0.493 e. The molecular formula is C17H18FNO4S. The minimum atomic E-state index is -4.01. The van der Waals surface area contributed by atoms with Crippen LogP contribution in [-0.4, -0.2) is 29.2 Å². The summed E-state index contributed by atoms with van der Waals surface area (Å²) in [5.74, 6) is 0.0340. The van der Waals surface area contributed by atoms with Gasteiger partial charge in [-0.05, 0) is 24.3 Å². The SMILES string of the molecule is C=CCN(c1ccccc1F)S(=O)(=O)c1ccc(OC)c(OC)c1. The molecule has 2 aromatic rings. The second kappa shape index (κ2) is 7.35. The maximum atomic E-state index is 14.1. The maximum Gasteiger partial charge on any atom is 0.264 e. The molecule has 0 aliphatic rings. The van der Waals surface area contributed by atoms with Crippen molar-refractivity contribution in [2.45, 2.75) is 4.90 Å². The van der Waals surface area contributed by atoms with Gasteiger partial charge >= 0.3 is 0 Å². The van der Waals surface area contributed by atoms with Crippen LogP contribution in [0.5, 0.6) is 11.5 Å². The number of halogens is 1. The summed E-state index contributed by atoms with van der Waals surface area (Å²) in [6, 6.07) is 9.87. The van der Waals surface area contributed by atoms with Gasteiger partial charge in [0.2, 0.25) is 0 Å². The molecule has 0 atom stereocenters. The van der Waals surface area contributed by atoms with E-state index in [9.17, 15) is 12.8 Å². The lowest BCUT2D eigenvalue weighted by Gasteiger charge is -2.24. The average molecular weight is 351 g/mol. The molecule has 0 bridgehead atoms. The quantitative estimate of drug-likeness (QED) is 0.719. The van der Waals surface area contributed by atoms with E-state index in [1.807, 2.05) is 0 Å². The fourth-order valence-electron chi connectivity index (χ4n) is 2.20. The number of methoxy groups -OCH3 is 2. The minimum Gasteiger partial charge on any atom is -0.493 e. The highest BCUT2D eigenvalue weighted by Gasteiger charge is 2.27. The second-order valence-corrected chi connectivity index (χ2v) is 6.66. The van der Waals surface area contributed by atoms with Crippen molar-refractivity contribution in [2.24, 2.45) is 0 Å². The van der Waals surface area contributed by atoms with Crippen molar-refractivity contribution >= 4 is 15.7 Å². The van der Waals surface area contributed by atoms with Crippen molar-refractivity contribution in [1.82, 2.24) is 0 Å². The molecule has 0 heterocycles. The van der Waals surface area contributed by atoms with Crippen LogP contribution >= 0.6 is 0 Å². The van der Waals surface area contributed by atoms with E-state index < -0.39 is 15.8 Å². The molecule has 0 N–H and O–H groups in total. The van der Waals surface area contributed by atoms with Gasteiger partial charge in [0, 0.05) is 6.07 Å². The highest BCUT2D eigenvalue weighted by Crippen LogP contribution is 2.32. The van der Waals surface area contributed by atoms with Gasteiger partial charge in [-0.3, -0.25) is 4.31 Å². The van der Waals surface area contributed by atoms with Crippen molar-refractivity contribution in [3.63, 3.8) is 0 Å². The van der Waals surface area contributed by atoms with Crippen LogP contribution in [0.1, 0.15) is 0 Å². The molecule has 0 amide bonds. The van der Waals surface area contributed by atoms with Gasteiger partial charge in [0.05, 0.1) is 31.3 Å². The third-order valence-electron chi connectivity index (χ3n) is 3.36. The summed E-state index contributed by atoms with van der Waals surface area (Å²) in [7, 11) is -1.15. The molecule has 128 valence electrons. The third-order valence-corrected chi connectivity index (χ3v) is 5.13. The molecular weight excluding hydrogens is 333 g/mol. The van der Waals surface area contributed by atoms with Crippen molar-refractivity contribution in [2.75, 3.05) is 25.1 Å². The van der Waals surface area contributed by atoms with Crippen molar-refractivity contribution in [1.29, 1.82) is 0 Å². The highest BCUT2D eigenvalue weighted by atomic mass is 32.2. The number of hydrogen-bond donors (Lipinski definition) is 0. The molecule has 2 rings (SSSR count). The molecule has 0 spiro atoms. The Kier molecular flexibility index (Phi) is 5.46. The molecule has 5 nitrogen and oxygen atoms in total.